The summed E-state index contributed by atoms with van der Waals surface area (Å²) < 4.78 is 13.5. The number of aliphatic hydroxyl groups is 1. The van der Waals surface area contributed by atoms with E-state index in [2.05, 4.69) is 30.3 Å². The van der Waals surface area contributed by atoms with Crippen molar-refractivity contribution in [2.24, 2.45) is 11.7 Å². The van der Waals surface area contributed by atoms with Gasteiger partial charge in [-0.2, -0.15) is 0 Å². The molecule has 2 heterocycles. The molecule has 1 aromatic carbocycles. The van der Waals surface area contributed by atoms with Crippen LogP contribution >= 0.6 is 0 Å². The molecule has 11 nitrogen and oxygen atoms in total. The van der Waals surface area contributed by atoms with E-state index in [1.54, 1.807) is 7.05 Å². The lowest BCUT2D eigenvalue weighted by Gasteiger charge is -2.65. The molecule has 0 aromatic heterocycles. The van der Waals surface area contributed by atoms with Crippen LogP contribution in [0.25, 0.3) is 0 Å². The van der Waals surface area contributed by atoms with E-state index in [0.717, 1.165) is 60.3 Å². The van der Waals surface area contributed by atoms with Gasteiger partial charge in [0.05, 0.1) is 25.6 Å². The van der Waals surface area contributed by atoms with Gasteiger partial charge in [-0.15, -0.1) is 0 Å². The lowest BCUT2D eigenvalue weighted by molar-refractivity contribution is -0.950. The second-order valence-electron chi connectivity index (χ2n) is 14.4. The fraction of sp³-hybridized carbons (Fsp3) is 0.676. The number of ether oxygens (including phenoxy) is 2. The first-order chi connectivity index (χ1) is 21.4. The van der Waals surface area contributed by atoms with Gasteiger partial charge in [-0.25, -0.2) is 4.79 Å². The lowest BCUT2D eigenvalue weighted by atomic mass is 9.48. The Morgan fingerprint density at radius 3 is 2.76 bits per heavy atom. The van der Waals surface area contributed by atoms with Crippen molar-refractivity contribution < 1.29 is 33.4 Å². The Bertz CT molecular complexity index is 1380. The van der Waals surface area contributed by atoms with Crippen LogP contribution in [0.15, 0.2) is 24.3 Å². The summed E-state index contributed by atoms with van der Waals surface area (Å²) in [6, 6.07) is 3.32. The van der Waals surface area contributed by atoms with Crippen LogP contribution in [0.3, 0.4) is 0 Å². The highest BCUT2D eigenvalue weighted by molar-refractivity contribution is 5.86. The van der Waals surface area contributed by atoms with Crippen LogP contribution in [0.2, 0.25) is 0 Å². The minimum absolute atomic E-state index is 0.0881. The number of nitrogens with two attached hydrogens (primary N) is 1. The molecule has 2 aliphatic heterocycles. The molecule has 6 atom stereocenters. The molecule has 11 heteroatoms. The third-order valence-corrected chi connectivity index (χ3v) is 11.3. The normalized spacial score (nSPS) is 31.4. The van der Waals surface area contributed by atoms with Crippen molar-refractivity contribution in [1.29, 1.82) is 0 Å². The molecule has 3 fully saturated rings. The summed E-state index contributed by atoms with van der Waals surface area (Å²) in [5.41, 5.74) is 7.22. The van der Waals surface area contributed by atoms with Crippen molar-refractivity contribution in [2.45, 2.75) is 93.9 Å². The van der Waals surface area contributed by atoms with Crippen LogP contribution in [0.5, 0.6) is 11.5 Å². The zero-order valence-corrected chi connectivity index (χ0v) is 27.0. The maximum atomic E-state index is 13.3. The maximum absolute atomic E-state index is 13.3. The lowest BCUT2D eigenvalue weighted by Crippen LogP contribution is -2.80. The molecule has 246 valence electrons. The quantitative estimate of drug-likeness (QED) is 0.159. The number of likely N-dealkylation sites (tertiary alicyclic amines) is 1. The van der Waals surface area contributed by atoms with E-state index in [4.69, 9.17) is 15.2 Å². The van der Waals surface area contributed by atoms with Gasteiger partial charge in [0.15, 0.2) is 11.5 Å². The number of carbonyl (C=O) groups excluding carboxylic acids is 3. The Balaban J connectivity index is 1.16. The van der Waals surface area contributed by atoms with E-state index in [0.29, 0.717) is 37.3 Å². The minimum atomic E-state index is -0.921. The molecule has 2 bridgehead atoms. The molecular weight excluding hydrogens is 574 g/mol. The van der Waals surface area contributed by atoms with Crippen LogP contribution in [0.4, 0.5) is 4.79 Å². The SMILES string of the molecule is C=C1CC[C@@]2(O)[C@H]3Cc4ccc(OC(=O)N(C)CCNC(=O)[C@H](CCCCN)NC(C)=O)c5c4[C@@]2(CC[N+]3(C)CC2CC2)[C@H]1O5. The number of quaternary nitrogens is 1. The van der Waals surface area contributed by atoms with Gasteiger partial charge in [-0.1, -0.05) is 12.6 Å². The summed E-state index contributed by atoms with van der Waals surface area (Å²) in [6.07, 6.45) is 6.58. The number of unbranched alkanes of at least 4 members (excludes halogenated alkanes) is 1. The van der Waals surface area contributed by atoms with Crippen molar-refractivity contribution in [3.05, 3.63) is 35.4 Å². The number of benzene rings is 1. The zero-order valence-electron chi connectivity index (χ0n) is 27.0. The molecule has 45 heavy (non-hydrogen) atoms. The average Bonchev–Trinajstić information content (AvgIpc) is 3.72. The van der Waals surface area contributed by atoms with E-state index < -0.39 is 23.2 Å². The van der Waals surface area contributed by atoms with Gasteiger partial charge in [0.1, 0.15) is 23.8 Å². The molecule has 5 aliphatic rings. The third-order valence-electron chi connectivity index (χ3n) is 11.3. The Hall–Kier alpha value is -3.15. The molecule has 0 radical (unpaired) electrons. The van der Waals surface area contributed by atoms with Crippen LogP contribution in [0, 0.1) is 5.92 Å². The predicted octanol–water partition coefficient (Wildman–Crippen LogP) is 2.13. The topological polar surface area (TPSA) is 143 Å². The van der Waals surface area contributed by atoms with Crippen LogP contribution in [-0.2, 0) is 21.4 Å². The molecule has 3 aliphatic carbocycles. The summed E-state index contributed by atoms with van der Waals surface area (Å²) in [5, 5.41) is 18.2. The van der Waals surface area contributed by atoms with Crippen LogP contribution < -0.4 is 25.8 Å². The summed E-state index contributed by atoms with van der Waals surface area (Å²) in [6.45, 7) is 8.79. The van der Waals surface area contributed by atoms with Crippen molar-refractivity contribution in [3.8, 4) is 11.5 Å². The summed E-state index contributed by atoms with van der Waals surface area (Å²) in [7, 11) is 3.95. The van der Waals surface area contributed by atoms with Gasteiger partial charge in [0.25, 0.3) is 0 Å². The van der Waals surface area contributed by atoms with E-state index in [1.165, 1.54) is 30.2 Å². The number of carbonyl (C=O) groups is 3. The fourth-order valence-corrected chi connectivity index (χ4v) is 8.88. The number of rotatable bonds is 12. The molecule has 2 saturated carbocycles. The van der Waals surface area contributed by atoms with Gasteiger partial charge in [0, 0.05) is 51.4 Å². The predicted molar refractivity (Wildman–Crippen MR) is 169 cm³/mol. The Labute approximate surface area is 266 Å². The van der Waals surface area contributed by atoms with Gasteiger partial charge >= 0.3 is 6.09 Å². The zero-order chi connectivity index (χ0) is 32.1. The molecule has 6 rings (SSSR count). The summed E-state index contributed by atoms with van der Waals surface area (Å²) in [5.74, 6) is 1.08. The molecule has 1 spiro atoms. The Kier molecular flexibility index (Phi) is 8.41. The van der Waals surface area contributed by atoms with Crippen molar-refractivity contribution >= 4 is 17.9 Å². The number of hydrogen-bond acceptors (Lipinski definition) is 7. The van der Waals surface area contributed by atoms with Gasteiger partial charge in [0.2, 0.25) is 11.8 Å². The third kappa shape index (κ3) is 5.40. The van der Waals surface area contributed by atoms with Crippen molar-refractivity contribution in [1.82, 2.24) is 15.5 Å². The van der Waals surface area contributed by atoms with Crippen LogP contribution in [-0.4, -0.2) is 103 Å². The molecule has 5 N–H and O–H groups in total. The Morgan fingerprint density at radius 1 is 1.27 bits per heavy atom. The van der Waals surface area contributed by atoms with Crippen molar-refractivity contribution in [3.63, 3.8) is 0 Å². The Morgan fingerprint density at radius 2 is 2.04 bits per heavy atom. The first kappa shape index (κ1) is 31.8. The number of nitrogens with zero attached hydrogens (tertiary/aromatic N) is 2. The number of amides is 3. The smallest absolute Gasteiger partial charge is 0.415 e. The number of hydrogen-bond donors (Lipinski definition) is 4. The van der Waals surface area contributed by atoms with Gasteiger partial charge in [-0.05, 0) is 68.7 Å². The number of likely N-dealkylation sites (N-methyl/N-ethyl adjacent to an activating group) is 2. The summed E-state index contributed by atoms with van der Waals surface area (Å²) >= 11 is 0. The van der Waals surface area contributed by atoms with E-state index in [1.807, 2.05) is 6.07 Å². The monoisotopic (exact) mass is 624 g/mol. The van der Waals surface area contributed by atoms with E-state index in [9.17, 15) is 19.5 Å². The highest BCUT2D eigenvalue weighted by Crippen LogP contribution is 2.67. The molecule has 3 amide bonds. The van der Waals surface area contributed by atoms with E-state index in [-0.39, 0.29) is 37.0 Å². The van der Waals surface area contributed by atoms with Crippen molar-refractivity contribution in [2.75, 3.05) is 46.8 Å². The first-order valence-electron chi connectivity index (χ1n) is 16.7. The standard InChI is InChI=1S/C34H49N5O6/c1-21-12-13-34(43)27-19-24-10-11-26(29-28(24)33(34,30(21)45-29)14-18-39(27,4)20-23-8-9-23)44-32(42)38(3)17-16-36-31(41)25(37-22(2)40)7-5-6-15-35/h10-11,23,25,27,30,43H,1,5-9,12-20,35H2,2-4H3,(H-,36,37,40,41)/p+1/t25-,27+,30-,33-,34+,39?/m0/s1. The van der Waals surface area contributed by atoms with Gasteiger partial charge in [-0.3, -0.25) is 9.59 Å². The average molecular weight is 625 g/mol. The molecular formula is C34H50N5O6+. The van der Waals surface area contributed by atoms with Gasteiger partial charge < -0.3 is 40.3 Å². The molecule has 1 aromatic rings. The van der Waals surface area contributed by atoms with Crippen LogP contribution in [0.1, 0.15) is 69.4 Å². The largest absolute Gasteiger partial charge is 0.481 e. The highest BCUT2D eigenvalue weighted by Gasteiger charge is 2.75. The van der Waals surface area contributed by atoms with E-state index >= 15 is 0 Å². The minimum Gasteiger partial charge on any atom is -0.481 e. The highest BCUT2D eigenvalue weighted by atomic mass is 16.6. The number of piperidine rings is 1. The second kappa shape index (κ2) is 11.9. The first-order valence-corrected chi connectivity index (χ1v) is 16.7. The summed E-state index contributed by atoms with van der Waals surface area (Å²) in [4.78, 5) is 39.0. The fourth-order valence-electron chi connectivity index (χ4n) is 8.88. The molecule has 1 saturated heterocycles. The second-order valence-corrected chi connectivity index (χ2v) is 14.4. The number of nitrogens with one attached hydrogen (secondary N) is 2. The molecule has 1 unspecified atom stereocenters. The maximum Gasteiger partial charge on any atom is 0.415 e.